The van der Waals surface area contributed by atoms with Crippen LogP contribution in [0.4, 0.5) is 0 Å². The van der Waals surface area contributed by atoms with Crippen LogP contribution in [0.3, 0.4) is 0 Å². The molecule has 32 heavy (non-hydrogen) atoms. The number of hydrogen-bond acceptors (Lipinski definition) is 5. The third kappa shape index (κ3) is 5.61. The molecule has 2 fully saturated rings. The molecule has 2 heterocycles. The number of likely N-dealkylation sites (tertiary alicyclic amines) is 1. The molecule has 1 amide bonds. The van der Waals surface area contributed by atoms with E-state index >= 15 is 0 Å². The third-order valence-electron chi connectivity index (χ3n) is 6.65. The van der Waals surface area contributed by atoms with Crippen LogP contribution in [0.15, 0.2) is 48.5 Å². The Morgan fingerprint density at radius 3 is 2.28 bits per heavy atom. The lowest BCUT2D eigenvalue weighted by molar-refractivity contribution is -0.139. The van der Waals surface area contributed by atoms with Crippen molar-refractivity contribution in [2.75, 3.05) is 45.9 Å². The van der Waals surface area contributed by atoms with Gasteiger partial charge >= 0.3 is 0 Å². The fourth-order valence-corrected chi connectivity index (χ4v) is 4.77. The van der Waals surface area contributed by atoms with Gasteiger partial charge in [-0.1, -0.05) is 42.5 Å². The van der Waals surface area contributed by atoms with Gasteiger partial charge in [-0.2, -0.15) is 0 Å². The van der Waals surface area contributed by atoms with Crippen molar-refractivity contribution < 1.29 is 14.6 Å². The molecule has 2 aliphatic rings. The Morgan fingerprint density at radius 2 is 1.59 bits per heavy atom. The Labute approximate surface area is 191 Å². The number of piperazine rings is 1. The van der Waals surface area contributed by atoms with Gasteiger partial charge in [-0.3, -0.25) is 14.6 Å². The number of phenolic OH excluding ortho intramolecular Hbond substituents is 1. The van der Waals surface area contributed by atoms with Crippen molar-refractivity contribution >= 4 is 5.91 Å². The van der Waals surface area contributed by atoms with E-state index in [9.17, 15) is 9.90 Å². The number of carbonyl (C=O) groups is 1. The summed E-state index contributed by atoms with van der Waals surface area (Å²) in [6.07, 6.45) is 1.77. The molecule has 0 atom stereocenters. The van der Waals surface area contributed by atoms with Gasteiger partial charge in [0.1, 0.15) is 0 Å². The van der Waals surface area contributed by atoms with Gasteiger partial charge in [0.25, 0.3) is 0 Å². The maximum atomic E-state index is 13.1. The highest BCUT2D eigenvalue weighted by Crippen LogP contribution is 2.31. The summed E-state index contributed by atoms with van der Waals surface area (Å²) < 4.78 is 5.50. The van der Waals surface area contributed by atoms with Crippen molar-refractivity contribution in [3.8, 4) is 11.5 Å². The molecule has 0 spiro atoms. The number of benzene rings is 2. The molecular weight excluding hydrogens is 402 g/mol. The van der Waals surface area contributed by atoms with E-state index in [-0.39, 0.29) is 11.7 Å². The highest BCUT2D eigenvalue weighted by atomic mass is 16.5. The number of nitrogens with zero attached hydrogens (tertiary/aromatic N) is 3. The second kappa shape index (κ2) is 10.8. The molecule has 0 aliphatic carbocycles. The van der Waals surface area contributed by atoms with E-state index in [0.29, 0.717) is 24.8 Å². The summed E-state index contributed by atoms with van der Waals surface area (Å²) in [6.45, 7) is 9.37. The lowest BCUT2D eigenvalue weighted by atomic mass is 9.94. The molecule has 0 bridgehead atoms. The number of ether oxygens (including phenoxy) is 1. The average Bonchev–Trinajstić information content (AvgIpc) is 2.83. The van der Waals surface area contributed by atoms with Crippen molar-refractivity contribution in [2.24, 2.45) is 5.92 Å². The summed E-state index contributed by atoms with van der Waals surface area (Å²) in [4.78, 5) is 19.9. The zero-order valence-electron chi connectivity index (χ0n) is 19.1. The first kappa shape index (κ1) is 22.6. The first-order valence-electron chi connectivity index (χ1n) is 11.8. The van der Waals surface area contributed by atoms with Gasteiger partial charge in [-0.25, -0.2) is 0 Å². The predicted molar refractivity (Wildman–Crippen MR) is 126 cm³/mol. The molecule has 2 aromatic rings. The van der Waals surface area contributed by atoms with Crippen molar-refractivity contribution in [1.82, 2.24) is 14.7 Å². The minimum absolute atomic E-state index is 0.121. The minimum Gasteiger partial charge on any atom is -0.504 e. The van der Waals surface area contributed by atoms with Crippen molar-refractivity contribution in [3.05, 3.63) is 59.7 Å². The van der Waals surface area contributed by atoms with Gasteiger partial charge in [0, 0.05) is 50.7 Å². The molecule has 4 rings (SSSR count). The molecule has 172 valence electrons. The van der Waals surface area contributed by atoms with Crippen molar-refractivity contribution in [3.63, 3.8) is 0 Å². The molecule has 2 aliphatic heterocycles. The van der Waals surface area contributed by atoms with E-state index in [0.717, 1.165) is 64.2 Å². The van der Waals surface area contributed by atoms with Crippen molar-refractivity contribution in [1.29, 1.82) is 0 Å². The number of phenols is 1. The van der Waals surface area contributed by atoms with Crippen LogP contribution in [0.25, 0.3) is 0 Å². The van der Waals surface area contributed by atoms with Crippen LogP contribution in [0.2, 0.25) is 0 Å². The maximum absolute atomic E-state index is 13.1. The summed E-state index contributed by atoms with van der Waals surface area (Å²) in [5.74, 6) is 1.22. The number of rotatable bonds is 7. The molecule has 6 heteroatoms. The lowest BCUT2D eigenvalue weighted by Gasteiger charge is -2.38. The first-order valence-corrected chi connectivity index (χ1v) is 11.8. The third-order valence-corrected chi connectivity index (χ3v) is 6.65. The number of carbonyl (C=O) groups excluding carboxylic acids is 1. The standard InChI is InChI=1S/C26H35N3O3/c1-2-32-24-10-6-9-23(25(24)30)20-27-13-11-22(12-14-27)26(31)29-17-15-28(16-18-29)19-21-7-4-3-5-8-21/h3-10,22,30H,2,11-20H2,1H3. The summed E-state index contributed by atoms with van der Waals surface area (Å²) in [7, 11) is 0. The largest absolute Gasteiger partial charge is 0.504 e. The Morgan fingerprint density at radius 1 is 0.906 bits per heavy atom. The van der Waals surface area contributed by atoms with Crippen LogP contribution in [-0.2, 0) is 17.9 Å². The fourth-order valence-electron chi connectivity index (χ4n) is 4.77. The first-order chi connectivity index (χ1) is 15.6. The fraction of sp³-hybridized carbons (Fsp3) is 0.500. The summed E-state index contributed by atoms with van der Waals surface area (Å²) in [5.41, 5.74) is 2.22. The quantitative estimate of drug-likeness (QED) is 0.720. The van der Waals surface area contributed by atoms with E-state index in [4.69, 9.17) is 4.74 Å². The van der Waals surface area contributed by atoms with Crippen LogP contribution in [-0.4, -0.2) is 71.6 Å². The zero-order valence-corrected chi connectivity index (χ0v) is 19.1. The lowest BCUT2D eigenvalue weighted by Crippen LogP contribution is -2.51. The number of aromatic hydroxyl groups is 1. The highest BCUT2D eigenvalue weighted by molar-refractivity contribution is 5.79. The number of amides is 1. The summed E-state index contributed by atoms with van der Waals surface area (Å²) >= 11 is 0. The van der Waals surface area contributed by atoms with Gasteiger partial charge in [0.15, 0.2) is 11.5 Å². The average molecular weight is 438 g/mol. The molecular formula is C26H35N3O3. The van der Waals surface area contributed by atoms with Crippen LogP contribution in [0.5, 0.6) is 11.5 Å². The van der Waals surface area contributed by atoms with Crippen LogP contribution >= 0.6 is 0 Å². The number of hydrogen-bond donors (Lipinski definition) is 1. The van der Waals surface area contributed by atoms with Gasteiger partial charge in [0.2, 0.25) is 5.91 Å². The van der Waals surface area contributed by atoms with E-state index in [1.165, 1.54) is 5.56 Å². The smallest absolute Gasteiger partial charge is 0.225 e. The van der Waals surface area contributed by atoms with Crippen molar-refractivity contribution in [2.45, 2.75) is 32.9 Å². The number of para-hydroxylation sites is 1. The minimum atomic E-state index is 0.121. The Hall–Kier alpha value is -2.57. The van der Waals surface area contributed by atoms with E-state index < -0.39 is 0 Å². The molecule has 0 radical (unpaired) electrons. The molecule has 1 N–H and O–H groups in total. The SMILES string of the molecule is CCOc1cccc(CN2CCC(C(=O)N3CCN(Cc4ccccc4)CC3)CC2)c1O. The van der Waals surface area contributed by atoms with Crippen LogP contribution in [0.1, 0.15) is 30.9 Å². The second-order valence-electron chi connectivity index (χ2n) is 8.83. The molecule has 2 aromatic carbocycles. The molecule has 0 saturated carbocycles. The Bertz CT molecular complexity index is 873. The topological polar surface area (TPSA) is 56.2 Å². The van der Waals surface area contributed by atoms with E-state index in [1.54, 1.807) is 6.07 Å². The summed E-state index contributed by atoms with van der Waals surface area (Å²) in [6, 6.07) is 16.2. The maximum Gasteiger partial charge on any atom is 0.225 e. The second-order valence-corrected chi connectivity index (χ2v) is 8.83. The van der Waals surface area contributed by atoms with Gasteiger partial charge in [-0.05, 0) is 44.5 Å². The molecule has 6 nitrogen and oxygen atoms in total. The van der Waals surface area contributed by atoms with E-state index in [2.05, 4.69) is 39.0 Å². The molecule has 0 unspecified atom stereocenters. The van der Waals surface area contributed by atoms with E-state index in [1.807, 2.05) is 25.1 Å². The normalized spacial score (nSPS) is 18.6. The Balaban J connectivity index is 1.22. The van der Waals surface area contributed by atoms with Crippen LogP contribution in [0, 0.1) is 5.92 Å². The molecule has 2 saturated heterocycles. The predicted octanol–water partition coefficient (Wildman–Crippen LogP) is 3.35. The van der Waals surface area contributed by atoms with Crippen LogP contribution < -0.4 is 4.74 Å². The Kier molecular flexibility index (Phi) is 7.66. The van der Waals surface area contributed by atoms with Gasteiger partial charge in [-0.15, -0.1) is 0 Å². The molecule has 0 aromatic heterocycles. The van der Waals surface area contributed by atoms with Gasteiger partial charge < -0.3 is 14.7 Å². The monoisotopic (exact) mass is 437 g/mol. The highest BCUT2D eigenvalue weighted by Gasteiger charge is 2.30. The zero-order chi connectivity index (χ0) is 22.3. The van der Waals surface area contributed by atoms with Gasteiger partial charge in [0.05, 0.1) is 6.61 Å². The summed E-state index contributed by atoms with van der Waals surface area (Å²) in [5, 5.41) is 10.5. The number of piperidine rings is 1.